The van der Waals surface area contributed by atoms with Crippen molar-refractivity contribution in [3.05, 3.63) is 69.8 Å². The molecular formula is C16H16F2O. The number of hydrogen-bond donors (Lipinski definition) is 1. The van der Waals surface area contributed by atoms with Crippen LogP contribution in [0.15, 0.2) is 30.3 Å². The van der Waals surface area contributed by atoms with Gasteiger partial charge in [0.25, 0.3) is 0 Å². The summed E-state index contributed by atoms with van der Waals surface area (Å²) in [6, 6.07) is 7.28. The van der Waals surface area contributed by atoms with E-state index < -0.39 is 17.7 Å². The van der Waals surface area contributed by atoms with Gasteiger partial charge in [0.15, 0.2) is 0 Å². The summed E-state index contributed by atoms with van der Waals surface area (Å²) in [7, 11) is 0. The summed E-state index contributed by atoms with van der Waals surface area (Å²) >= 11 is 0. The van der Waals surface area contributed by atoms with Crippen molar-refractivity contribution in [3.63, 3.8) is 0 Å². The average Bonchev–Trinajstić information content (AvgIpc) is 2.33. The molecule has 3 heteroatoms. The summed E-state index contributed by atoms with van der Waals surface area (Å²) in [5.41, 5.74) is 3.12. The van der Waals surface area contributed by atoms with Gasteiger partial charge in [-0.25, -0.2) is 8.78 Å². The Kier molecular flexibility index (Phi) is 3.67. The van der Waals surface area contributed by atoms with Crippen molar-refractivity contribution < 1.29 is 13.9 Å². The van der Waals surface area contributed by atoms with Gasteiger partial charge in [0.2, 0.25) is 0 Å². The number of halogens is 2. The first kappa shape index (κ1) is 13.7. The van der Waals surface area contributed by atoms with Gasteiger partial charge in [-0.2, -0.15) is 0 Å². The maximum Gasteiger partial charge on any atom is 0.132 e. The third-order valence-corrected chi connectivity index (χ3v) is 3.45. The molecule has 2 aromatic rings. The van der Waals surface area contributed by atoms with Crippen LogP contribution in [0.2, 0.25) is 0 Å². The van der Waals surface area contributed by atoms with Crippen molar-refractivity contribution in [3.8, 4) is 0 Å². The lowest BCUT2D eigenvalue weighted by molar-refractivity contribution is 0.208. The van der Waals surface area contributed by atoms with Gasteiger partial charge >= 0.3 is 0 Å². The monoisotopic (exact) mass is 262 g/mol. The number of benzene rings is 2. The number of aliphatic hydroxyl groups excluding tert-OH is 1. The highest BCUT2D eigenvalue weighted by atomic mass is 19.1. The van der Waals surface area contributed by atoms with Crippen LogP contribution in [0.25, 0.3) is 0 Å². The molecule has 2 rings (SSSR count). The molecule has 1 unspecified atom stereocenters. The molecule has 0 aromatic heterocycles. The van der Waals surface area contributed by atoms with E-state index >= 15 is 0 Å². The summed E-state index contributed by atoms with van der Waals surface area (Å²) in [6.45, 7) is 5.69. The van der Waals surface area contributed by atoms with Crippen LogP contribution in [0.3, 0.4) is 0 Å². The van der Waals surface area contributed by atoms with Gasteiger partial charge in [0, 0.05) is 0 Å². The second-order valence-electron chi connectivity index (χ2n) is 4.83. The fraction of sp³-hybridized carbons (Fsp3) is 0.250. The van der Waals surface area contributed by atoms with E-state index in [0.29, 0.717) is 5.56 Å². The Labute approximate surface area is 111 Å². The highest BCUT2D eigenvalue weighted by Gasteiger charge is 2.21. The lowest BCUT2D eigenvalue weighted by atomic mass is 9.93. The smallest absolute Gasteiger partial charge is 0.132 e. The standard InChI is InChI=1S/C16H16F2O/c1-9-7-11(3)12(8-10(9)2)16(19)15-13(17)5-4-6-14(15)18/h4-8,16,19H,1-3H3. The second kappa shape index (κ2) is 5.10. The van der Waals surface area contributed by atoms with Crippen molar-refractivity contribution in [1.82, 2.24) is 0 Å². The maximum atomic E-state index is 13.7. The van der Waals surface area contributed by atoms with Gasteiger partial charge in [-0.15, -0.1) is 0 Å². The predicted octanol–water partition coefficient (Wildman–Crippen LogP) is 3.97. The Hall–Kier alpha value is -1.74. The van der Waals surface area contributed by atoms with E-state index in [1.54, 1.807) is 6.07 Å². The minimum Gasteiger partial charge on any atom is -0.383 e. The van der Waals surface area contributed by atoms with Crippen LogP contribution in [0, 0.1) is 32.4 Å². The molecule has 0 bridgehead atoms. The number of aliphatic hydroxyl groups is 1. The fourth-order valence-electron chi connectivity index (χ4n) is 2.20. The van der Waals surface area contributed by atoms with Crippen LogP contribution in [0.4, 0.5) is 8.78 Å². The van der Waals surface area contributed by atoms with E-state index in [2.05, 4.69) is 0 Å². The lowest BCUT2D eigenvalue weighted by Crippen LogP contribution is -2.08. The molecule has 0 amide bonds. The maximum absolute atomic E-state index is 13.7. The van der Waals surface area contributed by atoms with Gasteiger partial charge in [0.1, 0.15) is 17.7 Å². The zero-order valence-corrected chi connectivity index (χ0v) is 11.2. The van der Waals surface area contributed by atoms with Crippen LogP contribution in [-0.4, -0.2) is 5.11 Å². The number of hydrogen-bond acceptors (Lipinski definition) is 1. The summed E-state index contributed by atoms with van der Waals surface area (Å²) in [6.07, 6.45) is -1.29. The van der Waals surface area contributed by atoms with Crippen molar-refractivity contribution in [2.24, 2.45) is 0 Å². The van der Waals surface area contributed by atoms with E-state index in [4.69, 9.17) is 0 Å². The van der Waals surface area contributed by atoms with Gasteiger partial charge in [-0.05, 0) is 55.2 Å². The van der Waals surface area contributed by atoms with Crippen LogP contribution in [-0.2, 0) is 0 Å². The van der Waals surface area contributed by atoms with Crippen LogP contribution in [0.5, 0.6) is 0 Å². The van der Waals surface area contributed by atoms with Crippen LogP contribution in [0.1, 0.15) is 33.9 Å². The molecule has 0 heterocycles. The predicted molar refractivity (Wildman–Crippen MR) is 71.1 cm³/mol. The van der Waals surface area contributed by atoms with Gasteiger partial charge in [-0.1, -0.05) is 18.2 Å². The molecule has 0 saturated carbocycles. The first-order valence-corrected chi connectivity index (χ1v) is 6.11. The van der Waals surface area contributed by atoms with Crippen molar-refractivity contribution >= 4 is 0 Å². The van der Waals surface area contributed by atoms with Crippen molar-refractivity contribution in [2.75, 3.05) is 0 Å². The third kappa shape index (κ3) is 2.51. The first-order valence-electron chi connectivity index (χ1n) is 6.11. The SMILES string of the molecule is Cc1cc(C)c(C(O)c2c(F)cccc2F)cc1C. The molecule has 0 aliphatic heterocycles. The second-order valence-corrected chi connectivity index (χ2v) is 4.83. The molecule has 2 aromatic carbocycles. The molecule has 0 aliphatic rings. The molecule has 1 N–H and O–H groups in total. The molecule has 19 heavy (non-hydrogen) atoms. The molecule has 1 atom stereocenters. The summed E-state index contributed by atoms with van der Waals surface area (Å²) in [4.78, 5) is 0. The largest absolute Gasteiger partial charge is 0.383 e. The van der Waals surface area contributed by atoms with Gasteiger partial charge in [0.05, 0.1) is 5.56 Å². The average molecular weight is 262 g/mol. The molecule has 1 nitrogen and oxygen atoms in total. The third-order valence-electron chi connectivity index (χ3n) is 3.45. The Morgan fingerprint density at radius 3 is 2.00 bits per heavy atom. The summed E-state index contributed by atoms with van der Waals surface area (Å²) in [5, 5.41) is 10.3. The van der Waals surface area contributed by atoms with Crippen LogP contribution >= 0.6 is 0 Å². The Balaban J connectivity index is 2.56. The van der Waals surface area contributed by atoms with E-state index in [0.717, 1.165) is 28.8 Å². The zero-order valence-electron chi connectivity index (χ0n) is 11.2. The molecule has 0 saturated heterocycles. The quantitative estimate of drug-likeness (QED) is 0.868. The summed E-state index contributed by atoms with van der Waals surface area (Å²) in [5.74, 6) is -1.46. The molecule has 0 radical (unpaired) electrons. The van der Waals surface area contributed by atoms with Gasteiger partial charge < -0.3 is 5.11 Å². The number of rotatable bonds is 2. The molecule has 0 aliphatic carbocycles. The van der Waals surface area contributed by atoms with E-state index in [1.165, 1.54) is 6.07 Å². The normalized spacial score (nSPS) is 12.5. The highest BCUT2D eigenvalue weighted by Crippen LogP contribution is 2.30. The first-order chi connectivity index (χ1) is 8.91. The van der Waals surface area contributed by atoms with E-state index in [-0.39, 0.29) is 5.56 Å². The Morgan fingerprint density at radius 1 is 0.895 bits per heavy atom. The highest BCUT2D eigenvalue weighted by molar-refractivity contribution is 5.41. The fourth-order valence-corrected chi connectivity index (χ4v) is 2.20. The molecule has 100 valence electrons. The molecular weight excluding hydrogens is 246 g/mol. The number of aryl methyl sites for hydroxylation is 3. The van der Waals surface area contributed by atoms with E-state index in [1.807, 2.05) is 26.8 Å². The molecule has 0 fully saturated rings. The Bertz CT molecular complexity index is 600. The molecule has 0 spiro atoms. The topological polar surface area (TPSA) is 20.2 Å². The minimum absolute atomic E-state index is 0.297. The van der Waals surface area contributed by atoms with E-state index in [9.17, 15) is 13.9 Å². The Morgan fingerprint density at radius 2 is 1.42 bits per heavy atom. The minimum atomic E-state index is -1.29. The zero-order chi connectivity index (χ0) is 14.2. The lowest BCUT2D eigenvalue weighted by Gasteiger charge is -2.17. The van der Waals surface area contributed by atoms with Gasteiger partial charge in [-0.3, -0.25) is 0 Å². The van der Waals surface area contributed by atoms with Crippen LogP contribution < -0.4 is 0 Å². The van der Waals surface area contributed by atoms with Crippen molar-refractivity contribution in [1.29, 1.82) is 0 Å². The summed E-state index contributed by atoms with van der Waals surface area (Å²) < 4.78 is 27.4. The van der Waals surface area contributed by atoms with Crippen molar-refractivity contribution in [2.45, 2.75) is 26.9 Å².